The zero-order chi connectivity index (χ0) is 18.7. The third-order valence-electron chi connectivity index (χ3n) is 4.80. The van der Waals surface area contributed by atoms with Crippen molar-refractivity contribution in [3.8, 4) is 0 Å². The lowest BCUT2D eigenvalue weighted by Gasteiger charge is -2.32. The number of aromatic nitrogens is 2. The standard InChI is InChI=1S/C17H26N6O3/c1-3-12-10-14(24)20-17(18-12)23-13(9-11(2)21-23)19-15(25)16(26)22-7-5-4-6-8-22/h9,12,17-18H,3-8,10H2,1-2H3,(H,19,25)(H,20,24). The SMILES string of the molecule is CCC1CC(=O)NC(n2nc(C)cc2NC(=O)C(=O)N2CCCCC2)N1. The fourth-order valence-electron chi connectivity index (χ4n) is 3.37. The molecule has 9 heteroatoms. The highest BCUT2D eigenvalue weighted by molar-refractivity contribution is 6.39. The van der Waals surface area contributed by atoms with Gasteiger partial charge in [-0.05, 0) is 32.6 Å². The van der Waals surface area contributed by atoms with Crippen LogP contribution in [0.25, 0.3) is 0 Å². The van der Waals surface area contributed by atoms with Crippen LogP contribution in [-0.4, -0.2) is 51.5 Å². The quantitative estimate of drug-likeness (QED) is 0.678. The van der Waals surface area contributed by atoms with Crippen molar-refractivity contribution in [3.63, 3.8) is 0 Å². The summed E-state index contributed by atoms with van der Waals surface area (Å²) in [6, 6.07) is 1.72. The Morgan fingerprint density at radius 1 is 1.31 bits per heavy atom. The van der Waals surface area contributed by atoms with Gasteiger partial charge in [0.25, 0.3) is 0 Å². The van der Waals surface area contributed by atoms with Crippen LogP contribution in [0.3, 0.4) is 0 Å². The first kappa shape index (κ1) is 18.4. The molecule has 2 fully saturated rings. The molecule has 0 saturated carbocycles. The summed E-state index contributed by atoms with van der Waals surface area (Å²) in [5, 5.41) is 13.1. The third-order valence-corrected chi connectivity index (χ3v) is 4.80. The van der Waals surface area contributed by atoms with Gasteiger partial charge in [0, 0.05) is 31.6 Å². The summed E-state index contributed by atoms with van der Waals surface area (Å²) in [4.78, 5) is 38.3. The van der Waals surface area contributed by atoms with E-state index in [9.17, 15) is 14.4 Å². The number of piperidine rings is 1. The van der Waals surface area contributed by atoms with Gasteiger partial charge in [-0.3, -0.25) is 19.7 Å². The molecule has 0 radical (unpaired) electrons. The minimum absolute atomic E-state index is 0.0387. The second-order valence-electron chi connectivity index (χ2n) is 6.87. The molecule has 0 aliphatic carbocycles. The van der Waals surface area contributed by atoms with Crippen LogP contribution in [0.15, 0.2) is 6.07 Å². The Kier molecular flexibility index (Phi) is 5.55. The normalized spacial score (nSPS) is 23.5. The number of carbonyl (C=O) groups excluding carboxylic acids is 3. The highest BCUT2D eigenvalue weighted by Crippen LogP contribution is 2.18. The van der Waals surface area contributed by atoms with Crippen LogP contribution in [0.4, 0.5) is 5.82 Å². The number of hydrogen-bond donors (Lipinski definition) is 3. The van der Waals surface area contributed by atoms with Crippen LogP contribution in [-0.2, 0) is 14.4 Å². The third kappa shape index (κ3) is 4.04. The molecule has 0 spiro atoms. The number of nitrogens with zero attached hydrogens (tertiary/aromatic N) is 3. The van der Waals surface area contributed by atoms with Gasteiger partial charge in [-0.1, -0.05) is 6.92 Å². The number of carbonyl (C=O) groups is 3. The molecule has 2 saturated heterocycles. The van der Waals surface area contributed by atoms with Crippen molar-refractivity contribution in [1.29, 1.82) is 0 Å². The second kappa shape index (κ2) is 7.86. The Hall–Kier alpha value is -2.42. The van der Waals surface area contributed by atoms with Gasteiger partial charge in [0.1, 0.15) is 5.82 Å². The number of anilines is 1. The Balaban J connectivity index is 1.73. The van der Waals surface area contributed by atoms with E-state index in [0.717, 1.165) is 25.7 Å². The van der Waals surface area contributed by atoms with Crippen molar-refractivity contribution in [1.82, 2.24) is 25.3 Å². The van der Waals surface area contributed by atoms with Crippen molar-refractivity contribution in [2.45, 2.75) is 58.3 Å². The van der Waals surface area contributed by atoms with E-state index in [1.807, 2.05) is 6.92 Å². The van der Waals surface area contributed by atoms with Crippen LogP contribution in [0.2, 0.25) is 0 Å². The zero-order valence-corrected chi connectivity index (χ0v) is 15.2. The van der Waals surface area contributed by atoms with E-state index < -0.39 is 18.1 Å². The number of amides is 3. The number of likely N-dealkylation sites (tertiary alicyclic amines) is 1. The van der Waals surface area contributed by atoms with Gasteiger partial charge < -0.3 is 15.5 Å². The topological polar surface area (TPSA) is 108 Å². The molecule has 2 aliphatic heterocycles. The monoisotopic (exact) mass is 362 g/mol. The first-order valence-corrected chi connectivity index (χ1v) is 9.19. The summed E-state index contributed by atoms with van der Waals surface area (Å²) in [5.41, 5.74) is 0.681. The second-order valence-corrected chi connectivity index (χ2v) is 6.87. The summed E-state index contributed by atoms with van der Waals surface area (Å²) < 4.78 is 1.51. The van der Waals surface area contributed by atoms with E-state index in [-0.39, 0.29) is 11.9 Å². The predicted octanol–water partition coefficient (Wildman–Crippen LogP) is 0.487. The minimum Gasteiger partial charge on any atom is -0.334 e. The molecule has 1 aromatic rings. The Labute approximate surface area is 152 Å². The van der Waals surface area contributed by atoms with Crippen LogP contribution >= 0.6 is 0 Å². The van der Waals surface area contributed by atoms with Crippen molar-refractivity contribution < 1.29 is 14.4 Å². The molecular weight excluding hydrogens is 336 g/mol. The van der Waals surface area contributed by atoms with E-state index in [1.54, 1.807) is 17.9 Å². The summed E-state index contributed by atoms with van der Waals surface area (Å²) in [5.74, 6) is -0.896. The van der Waals surface area contributed by atoms with Crippen molar-refractivity contribution in [2.75, 3.05) is 18.4 Å². The molecule has 3 rings (SSSR count). The highest BCUT2D eigenvalue weighted by atomic mass is 16.2. The molecule has 2 atom stereocenters. The highest BCUT2D eigenvalue weighted by Gasteiger charge is 2.29. The number of rotatable bonds is 3. The van der Waals surface area contributed by atoms with Crippen molar-refractivity contribution >= 4 is 23.5 Å². The van der Waals surface area contributed by atoms with Crippen molar-refractivity contribution in [3.05, 3.63) is 11.8 Å². The number of nitrogens with one attached hydrogen (secondary N) is 3. The van der Waals surface area contributed by atoms with E-state index in [4.69, 9.17) is 0 Å². The van der Waals surface area contributed by atoms with Crippen LogP contribution in [0, 0.1) is 6.92 Å². The van der Waals surface area contributed by atoms with Crippen LogP contribution < -0.4 is 16.0 Å². The summed E-state index contributed by atoms with van der Waals surface area (Å²) in [6.45, 7) is 5.02. The molecule has 0 bridgehead atoms. The molecule has 0 aromatic carbocycles. The number of hydrogen-bond acceptors (Lipinski definition) is 5. The average molecular weight is 362 g/mol. The maximum Gasteiger partial charge on any atom is 0.315 e. The van der Waals surface area contributed by atoms with Crippen LogP contribution in [0.5, 0.6) is 0 Å². The lowest BCUT2D eigenvalue weighted by atomic mass is 10.1. The van der Waals surface area contributed by atoms with Gasteiger partial charge in [0.15, 0.2) is 6.29 Å². The molecule has 3 amide bonds. The average Bonchev–Trinajstić information content (AvgIpc) is 3.01. The molecule has 9 nitrogen and oxygen atoms in total. The first-order valence-electron chi connectivity index (χ1n) is 9.19. The first-order chi connectivity index (χ1) is 12.5. The summed E-state index contributed by atoms with van der Waals surface area (Å²) in [6.07, 6.45) is 3.58. The smallest absolute Gasteiger partial charge is 0.315 e. The molecular formula is C17H26N6O3. The summed E-state index contributed by atoms with van der Waals surface area (Å²) in [7, 11) is 0. The molecule has 26 heavy (non-hydrogen) atoms. The lowest BCUT2D eigenvalue weighted by molar-refractivity contribution is -0.143. The fourth-order valence-corrected chi connectivity index (χ4v) is 3.37. The van der Waals surface area contributed by atoms with E-state index in [2.05, 4.69) is 21.0 Å². The molecule has 3 heterocycles. The van der Waals surface area contributed by atoms with Crippen molar-refractivity contribution in [2.24, 2.45) is 0 Å². The zero-order valence-electron chi connectivity index (χ0n) is 15.2. The van der Waals surface area contributed by atoms with Gasteiger partial charge in [0.2, 0.25) is 5.91 Å². The molecule has 1 aromatic heterocycles. The molecule has 142 valence electrons. The molecule has 3 N–H and O–H groups in total. The maximum absolute atomic E-state index is 12.4. The Morgan fingerprint density at radius 3 is 2.73 bits per heavy atom. The largest absolute Gasteiger partial charge is 0.334 e. The Morgan fingerprint density at radius 2 is 2.04 bits per heavy atom. The van der Waals surface area contributed by atoms with Crippen LogP contribution in [0.1, 0.15) is 51.0 Å². The van der Waals surface area contributed by atoms with Gasteiger partial charge in [-0.15, -0.1) is 0 Å². The number of aryl methyl sites for hydroxylation is 1. The lowest BCUT2D eigenvalue weighted by Crippen LogP contribution is -2.53. The van der Waals surface area contributed by atoms with E-state index >= 15 is 0 Å². The Bertz CT molecular complexity index is 695. The van der Waals surface area contributed by atoms with E-state index in [1.165, 1.54) is 4.68 Å². The van der Waals surface area contributed by atoms with Gasteiger partial charge in [0.05, 0.1) is 5.69 Å². The molecule has 2 aliphatic rings. The molecule has 2 unspecified atom stereocenters. The fraction of sp³-hybridized carbons (Fsp3) is 0.647. The van der Waals surface area contributed by atoms with Gasteiger partial charge in [-0.25, -0.2) is 4.68 Å². The maximum atomic E-state index is 12.4. The summed E-state index contributed by atoms with van der Waals surface area (Å²) >= 11 is 0. The predicted molar refractivity (Wildman–Crippen MR) is 95.0 cm³/mol. The van der Waals surface area contributed by atoms with Gasteiger partial charge in [-0.2, -0.15) is 5.10 Å². The van der Waals surface area contributed by atoms with E-state index in [0.29, 0.717) is 31.0 Å². The minimum atomic E-state index is -0.678. The van der Waals surface area contributed by atoms with Gasteiger partial charge >= 0.3 is 11.8 Å².